The van der Waals surface area contributed by atoms with Crippen molar-refractivity contribution in [3.05, 3.63) is 45.9 Å². The van der Waals surface area contributed by atoms with Gasteiger partial charge in [0.25, 0.3) is 0 Å². The maximum atomic E-state index is 14.8. The van der Waals surface area contributed by atoms with Crippen molar-refractivity contribution in [2.24, 2.45) is 0 Å². The van der Waals surface area contributed by atoms with Gasteiger partial charge in [-0.2, -0.15) is 11.3 Å². The normalized spacial score (nSPS) is 16.3. The number of nitrogens with zero attached hydrogens (tertiary/aromatic N) is 1. The Labute approximate surface area is 152 Å². The summed E-state index contributed by atoms with van der Waals surface area (Å²) in [7, 11) is 3.09. The highest BCUT2D eigenvalue weighted by Crippen LogP contribution is 2.38. The fourth-order valence-electron chi connectivity index (χ4n) is 3.04. The Morgan fingerprint density at radius 1 is 1.17 bits per heavy atom. The maximum absolute atomic E-state index is 14.8. The van der Waals surface area contributed by atoms with Crippen molar-refractivity contribution in [1.29, 1.82) is 0 Å². The summed E-state index contributed by atoms with van der Waals surface area (Å²) in [4.78, 5) is 2.31. The van der Waals surface area contributed by atoms with E-state index in [9.17, 15) is 4.39 Å². The lowest BCUT2D eigenvalue weighted by Gasteiger charge is -2.35. The van der Waals surface area contributed by atoms with Gasteiger partial charge in [-0.15, -0.1) is 12.4 Å². The van der Waals surface area contributed by atoms with E-state index in [0.29, 0.717) is 17.1 Å². The molecule has 3 rings (SSSR count). The molecule has 4 nitrogen and oxygen atoms in total. The molecule has 1 aromatic carbocycles. The van der Waals surface area contributed by atoms with E-state index in [4.69, 9.17) is 9.47 Å². The van der Waals surface area contributed by atoms with Crippen molar-refractivity contribution in [3.63, 3.8) is 0 Å². The average Bonchev–Trinajstić information content (AvgIpc) is 3.11. The minimum atomic E-state index is -0.266. The number of hydrogen-bond acceptors (Lipinski definition) is 5. The first-order valence-electron chi connectivity index (χ1n) is 7.63. The number of thiophene rings is 1. The van der Waals surface area contributed by atoms with Crippen LogP contribution in [0.4, 0.5) is 4.39 Å². The largest absolute Gasteiger partial charge is 0.493 e. The first-order chi connectivity index (χ1) is 11.2. The van der Waals surface area contributed by atoms with Gasteiger partial charge in [0.15, 0.2) is 11.5 Å². The van der Waals surface area contributed by atoms with Crippen LogP contribution in [0.15, 0.2) is 29.0 Å². The number of nitrogens with one attached hydrogen (secondary N) is 1. The molecular weight excluding hydrogens is 351 g/mol. The minimum absolute atomic E-state index is 0. The molecule has 1 atom stereocenters. The van der Waals surface area contributed by atoms with Gasteiger partial charge in [0, 0.05) is 37.8 Å². The summed E-state index contributed by atoms with van der Waals surface area (Å²) in [6, 6.07) is 5.13. The molecule has 0 aliphatic carbocycles. The lowest BCUT2D eigenvalue weighted by atomic mass is 9.97. The second kappa shape index (κ2) is 8.67. The molecule has 7 heteroatoms. The maximum Gasteiger partial charge on any atom is 0.163 e. The highest BCUT2D eigenvalue weighted by molar-refractivity contribution is 7.08. The zero-order chi connectivity index (χ0) is 16.2. The van der Waals surface area contributed by atoms with Gasteiger partial charge in [-0.25, -0.2) is 4.39 Å². The highest BCUT2D eigenvalue weighted by Gasteiger charge is 2.28. The van der Waals surface area contributed by atoms with Crippen molar-refractivity contribution in [2.75, 3.05) is 40.4 Å². The third kappa shape index (κ3) is 3.83. The zero-order valence-electron chi connectivity index (χ0n) is 13.8. The van der Waals surface area contributed by atoms with Gasteiger partial charge in [0.1, 0.15) is 5.82 Å². The Kier molecular flexibility index (Phi) is 6.86. The lowest BCUT2D eigenvalue weighted by molar-refractivity contribution is 0.195. The Balaban J connectivity index is 0.00000208. The molecule has 1 saturated heterocycles. The van der Waals surface area contributed by atoms with Crippen LogP contribution in [0, 0.1) is 5.82 Å². The molecule has 0 saturated carbocycles. The monoisotopic (exact) mass is 372 g/mol. The molecule has 1 aromatic heterocycles. The van der Waals surface area contributed by atoms with Gasteiger partial charge in [0.2, 0.25) is 0 Å². The summed E-state index contributed by atoms with van der Waals surface area (Å²) in [5, 5.41) is 7.46. The summed E-state index contributed by atoms with van der Waals surface area (Å²) in [6.07, 6.45) is 0. The average molecular weight is 373 g/mol. The van der Waals surface area contributed by atoms with Gasteiger partial charge in [-0.3, -0.25) is 4.90 Å². The van der Waals surface area contributed by atoms with Crippen molar-refractivity contribution in [3.8, 4) is 11.5 Å². The van der Waals surface area contributed by atoms with Crippen LogP contribution >= 0.6 is 23.7 Å². The van der Waals surface area contributed by atoms with Crippen LogP contribution in [-0.2, 0) is 0 Å². The van der Waals surface area contributed by atoms with Crippen LogP contribution in [-0.4, -0.2) is 45.3 Å². The Hall–Kier alpha value is -1.34. The molecule has 1 N–H and O–H groups in total. The van der Waals surface area contributed by atoms with E-state index in [2.05, 4.69) is 21.7 Å². The standard InChI is InChI=1S/C17H21FN2O2S.ClH/c1-21-15-9-13(14(18)10-16(15)22-2)17(12-3-8-23-11-12)20-6-4-19-5-7-20;/h3,8-11,17,19H,4-7H2,1-2H3;1H/t17-;/m0./s1. The predicted molar refractivity (Wildman–Crippen MR) is 97.4 cm³/mol. The van der Waals surface area contributed by atoms with Crippen molar-refractivity contribution >= 4 is 23.7 Å². The predicted octanol–water partition coefficient (Wildman–Crippen LogP) is 3.32. The molecule has 0 unspecified atom stereocenters. The van der Waals surface area contributed by atoms with E-state index < -0.39 is 0 Å². The third-order valence-electron chi connectivity index (χ3n) is 4.17. The lowest BCUT2D eigenvalue weighted by Crippen LogP contribution is -2.45. The third-order valence-corrected chi connectivity index (χ3v) is 4.87. The smallest absolute Gasteiger partial charge is 0.163 e. The second-order valence-corrected chi connectivity index (χ2v) is 6.25. The molecule has 0 radical (unpaired) electrons. The van der Waals surface area contributed by atoms with Gasteiger partial charge in [-0.1, -0.05) is 0 Å². The van der Waals surface area contributed by atoms with Gasteiger partial charge < -0.3 is 14.8 Å². The number of piperazine rings is 1. The number of benzene rings is 1. The Morgan fingerprint density at radius 2 is 1.83 bits per heavy atom. The van der Waals surface area contributed by atoms with Gasteiger partial charge >= 0.3 is 0 Å². The van der Waals surface area contributed by atoms with E-state index in [1.54, 1.807) is 24.5 Å². The quantitative estimate of drug-likeness (QED) is 0.873. The van der Waals surface area contributed by atoms with Crippen molar-refractivity contribution in [1.82, 2.24) is 10.2 Å². The van der Waals surface area contributed by atoms with Crippen LogP contribution in [0.1, 0.15) is 17.2 Å². The molecule has 1 aliphatic heterocycles. The zero-order valence-corrected chi connectivity index (χ0v) is 15.4. The molecule has 2 heterocycles. The first-order valence-corrected chi connectivity index (χ1v) is 8.57. The fourth-order valence-corrected chi connectivity index (χ4v) is 3.72. The highest BCUT2D eigenvalue weighted by atomic mass is 35.5. The number of methoxy groups -OCH3 is 2. The Bertz CT molecular complexity index is 648. The first kappa shape index (κ1) is 19.0. The topological polar surface area (TPSA) is 33.7 Å². The molecular formula is C17H22ClFN2O2S. The fraction of sp³-hybridized carbons (Fsp3) is 0.412. The molecule has 1 aliphatic rings. The minimum Gasteiger partial charge on any atom is -0.493 e. The number of ether oxygens (including phenoxy) is 2. The summed E-state index contributed by atoms with van der Waals surface area (Å²) in [5.41, 5.74) is 1.74. The van der Waals surface area contributed by atoms with Gasteiger partial charge in [0.05, 0.1) is 20.3 Å². The van der Waals surface area contributed by atoms with Crippen LogP contribution in [0.5, 0.6) is 11.5 Å². The molecule has 1 fully saturated rings. The molecule has 2 aromatic rings. The van der Waals surface area contributed by atoms with Crippen molar-refractivity contribution in [2.45, 2.75) is 6.04 Å². The van der Waals surface area contributed by atoms with Crippen LogP contribution in [0.3, 0.4) is 0 Å². The van der Waals surface area contributed by atoms with Crippen LogP contribution in [0.25, 0.3) is 0 Å². The van der Waals surface area contributed by atoms with E-state index in [1.807, 2.05) is 5.38 Å². The van der Waals surface area contributed by atoms with E-state index in [1.165, 1.54) is 13.2 Å². The molecule has 0 bridgehead atoms. The molecule has 24 heavy (non-hydrogen) atoms. The molecule has 0 spiro atoms. The van der Waals surface area contributed by atoms with Crippen LogP contribution < -0.4 is 14.8 Å². The SMILES string of the molecule is COc1cc(F)c([C@H](c2ccsc2)N2CCNCC2)cc1OC.Cl. The van der Waals surface area contributed by atoms with E-state index >= 15 is 0 Å². The summed E-state index contributed by atoms with van der Waals surface area (Å²) >= 11 is 1.63. The summed E-state index contributed by atoms with van der Waals surface area (Å²) in [5.74, 6) is 0.703. The number of rotatable bonds is 5. The Morgan fingerprint density at radius 3 is 2.42 bits per heavy atom. The summed E-state index contributed by atoms with van der Waals surface area (Å²) in [6.45, 7) is 3.59. The van der Waals surface area contributed by atoms with E-state index in [0.717, 1.165) is 31.7 Å². The number of hydrogen-bond donors (Lipinski definition) is 1. The second-order valence-electron chi connectivity index (χ2n) is 5.47. The van der Waals surface area contributed by atoms with Crippen LogP contribution in [0.2, 0.25) is 0 Å². The van der Waals surface area contributed by atoms with Crippen molar-refractivity contribution < 1.29 is 13.9 Å². The molecule has 132 valence electrons. The summed E-state index contributed by atoms with van der Waals surface area (Å²) < 4.78 is 25.3. The number of halogens is 2. The van der Waals surface area contributed by atoms with Gasteiger partial charge in [-0.05, 0) is 28.5 Å². The molecule has 0 amide bonds. The van der Waals surface area contributed by atoms with E-state index in [-0.39, 0.29) is 24.3 Å².